The normalized spacial score (nSPS) is 14.6. The van der Waals surface area contributed by atoms with Crippen LogP contribution >= 0.6 is 23.2 Å². The molecule has 1 fully saturated rings. The molecule has 20 heavy (non-hydrogen) atoms. The van der Waals surface area contributed by atoms with Crippen LogP contribution in [0.5, 0.6) is 5.75 Å². The average Bonchev–Trinajstić information content (AvgIpc) is 3.21. The Kier molecular flexibility index (Phi) is 3.22. The largest absolute Gasteiger partial charge is 0.506 e. The Balaban J connectivity index is 2.33. The van der Waals surface area contributed by atoms with Gasteiger partial charge in [0.25, 0.3) is 5.56 Å². The smallest absolute Gasteiger partial charge is 0.277 e. The van der Waals surface area contributed by atoms with E-state index in [9.17, 15) is 9.90 Å². The van der Waals surface area contributed by atoms with Crippen LogP contribution in [0, 0.1) is 6.92 Å². The summed E-state index contributed by atoms with van der Waals surface area (Å²) in [5, 5.41) is 10.3. The molecular formula is C14H12Cl2N2O2. The van der Waals surface area contributed by atoms with Gasteiger partial charge in [0.05, 0.1) is 5.69 Å². The van der Waals surface area contributed by atoms with Gasteiger partial charge in [-0.3, -0.25) is 9.36 Å². The summed E-state index contributed by atoms with van der Waals surface area (Å²) < 4.78 is 1.48. The summed E-state index contributed by atoms with van der Waals surface area (Å²) >= 11 is 11.9. The predicted octanol–water partition coefficient (Wildman–Crippen LogP) is 3.43. The summed E-state index contributed by atoms with van der Waals surface area (Å²) in [6, 6.07) is 3.28. The lowest BCUT2D eigenvalue weighted by molar-refractivity contribution is 0.464. The molecule has 4 nitrogen and oxygen atoms in total. The first-order chi connectivity index (χ1) is 9.50. The van der Waals surface area contributed by atoms with E-state index < -0.39 is 5.56 Å². The van der Waals surface area contributed by atoms with Crippen LogP contribution in [0.1, 0.15) is 30.0 Å². The molecule has 2 aromatic heterocycles. The van der Waals surface area contributed by atoms with Gasteiger partial charge in [0, 0.05) is 17.5 Å². The van der Waals surface area contributed by atoms with E-state index in [0.29, 0.717) is 16.5 Å². The third-order valence-electron chi connectivity index (χ3n) is 3.53. The number of aromatic nitrogens is 2. The quantitative estimate of drug-likeness (QED) is 0.865. The number of aromatic hydroxyl groups is 1. The van der Waals surface area contributed by atoms with Crippen molar-refractivity contribution in [3.63, 3.8) is 0 Å². The molecular weight excluding hydrogens is 299 g/mol. The fourth-order valence-electron chi connectivity index (χ4n) is 2.46. The van der Waals surface area contributed by atoms with Gasteiger partial charge in [0.15, 0.2) is 0 Å². The second-order valence-corrected chi connectivity index (χ2v) is 5.68. The molecule has 0 radical (unpaired) electrons. The molecule has 0 spiro atoms. The maximum absolute atomic E-state index is 12.3. The van der Waals surface area contributed by atoms with E-state index in [-0.39, 0.29) is 16.7 Å². The number of rotatable bonds is 2. The second kappa shape index (κ2) is 4.79. The van der Waals surface area contributed by atoms with Gasteiger partial charge in [-0.05, 0) is 37.8 Å². The molecule has 1 N–H and O–H groups in total. The minimum absolute atomic E-state index is 0.0898. The van der Waals surface area contributed by atoms with E-state index in [2.05, 4.69) is 4.98 Å². The Bertz CT molecular complexity index is 752. The summed E-state index contributed by atoms with van der Waals surface area (Å²) in [5.74, 6) is 0.185. The molecule has 0 amide bonds. The molecule has 0 aromatic carbocycles. The van der Waals surface area contributed by atoms with E-state index >= 15 is 0 Å². The SMILES string of the molecule is Cc1c(C2CC2)c(O)c(Cl)c(=O)n1-c1ccnc(Cl)c1. The first-order valence-corrected chi connectivity index (χ1v) is 7.02. The van der Waals surface area contributed by atoms with E-state index in [1.54, 1.807) is 19.1 Å². The first kappa shape index (κ1) is 13.5. The van der Waals surface area contributed by atoms with Gasteiger partial charge in [-0.25, -0.2) is 4.98 Å². The fraction of sp³-hybridized carbons (Fsp3) is 0.286. The topological polar surface area (TPSA) is 55.1 Å². The summed E-state index contributed by atoms with van der Waals surface area (Å²) in [4.78, 5) is 16.2. The Morgan fingerprint density at radius 2 is 2.10 bits per heavy atom. The molecule has 1 aliphatic rings. The molecule has 1 aliphatic carbocycles. The number of pyridine rings is 2. The van der Waals surface area contributed by atoms with Gasteiger partial charge >= 0.3 is 0 Å². The van der Waals surface area contributed by atoms with Crippen LogP contribution in [0.25, 0.3) is 5.69 Å². The molecule has 2 aromatic rings. The summed E-state index contributed by atoms with van der Waals surface area (Å²) in [7, 11) is 0. The van der Waals surface area contributed by atoms with E-state index in [1.807, 2.05) is 0 Å². The van der Waals surface area contributed by atoms with Crippen molar-refractivity contribution in [1.82, 2.24) is 9.55 Å². The standard InChI is InChI=1S/C14H12Cl2N2O2/c1-7-11(8-2-3-8)13(19)12(16)14(20)18(7)9-4-5-17-10(15)6-9/h4-6,8,19H,2-3H2,1H3. The molecule has 0 saturated heterocycles. The van der Waals surface area contributed by atoms with Gasteiger partial charge in [-0.1, -0.05) is 23.2 Å². The van der Waals surface area contributed by atoms with Crippen molar-refractivity contribution in [2.75, 3.05) is 0 Å². The van der Waals surface area contributed by atoms with Crippen molar-refractivity contribution in [3.05, 3.63) is 50.1 Å². The number of hydrogen-bond donors (Lipinski definition) is 1. The number of halogens is 2. The van der Waals surface area contributed by atoms with Gasteiger partial charge < -0.3 is 5.11 Å². The average molecular weight is 311 g/mol. The van der Waals surface area contributed by atoms with Crippen LogP contribution in [0.4, 0.5) is 0 Å². The minimum atomic E-state index is -0.451. The minimum Gasteiger partial charge on any atom is -0.506 e. The molecule has 104 valence electrons. The van der Waals surface area contributed by atoms with Crippen molar-refractivity contribution in [2.24, 2.45) is 0 Å². The first-order valence-electron chi connectivity index (χ1n) is 6.26. The van der Waals surface area contributed by atoms with Crippen LogP contribution in [-0.2, 0) is 0 Å². The van der Waals surface area contributed by atoms with Crippen molar-refractivity contribution in [1.29, 1.82) is 0 Å². The highest BCUT2D eigenvalue weighted by Crippen LogP contribution is 2.47. The molecule has 2 heterocycles. The zero-order valence-electron chi connectivity index (χ0n) is 10.7. The molecule has 1 saturated carbocycles. The lowest BCUT2D eigenvalue weighted by atomic mass is 10.1. The maximum Gasteiger partial charge on any atom is 0.277 e. The predicted molar refractivity (Wildman–Crippen MR) is 78.2 cm³/mol. The van der Waals surface area contributed by atoms with E-state index in [0.717, 1.165) is 18.4 Å². The van der Waals surface area contributed by atoms with Crippen LogP contribution in [0.2, 0.25) is 10.2 Å². The number of nitrogens with zero attached hydrogens (tertiary/aromatic N) is 2. The van der Waals surface area contributed by atoms with Crippen molar-refractivity contribution < 1.29 is 5.11 Å². The summed E-state index contributed by atoms with van der Waals surface area (Å²) in [6.07, 6.45) is 3.53. The highest BCUT2D eigenvalue weighted by molar-refractivity contribution is 6.32. The van der Waals surface area contributed by atoms with E-state index in [1.165, 1.54) is 10.8 Å². The van der Waals surface area contributed by atoms with Crippen LogP contribution < -0.4 is 5.56 Å². The van der Waals surface area contributed by atoms with Gasteiger partial charge in [-0.15, -0.1) is 0 Å². The highest BCUT2D eigenvalue weighted by atomic mass is 35.5. The summed E-state index contributed by atoms with van der Waals surface area (Å²) in [6.45, 7) is 1.80. The van der Waals surface area contributed by atoms with Crippen LogP contribution in [0.15, 0.2) is 23.1 Å². The Morgan fingerprint density at radius 1 is 1.40 bits per heavy atom. The maximum atomic E-state index is 12.3. The Hall–Kier alpha value is -1.52. The molecule has 0 atom stereocenters. The molecule has 3 rings (SSSR count). The number of hydrogen-bond acceptors (Lipinski definition) is 3. The van der Waals surface area contributed by atoms with Gasteiger partial charge in [-0.2, -0.15) is 0 Å². The molecule has 6 heteroatoms. The summed E-state index contributed by atoms with van der Waals surface area (Å²) in [5.41, 5.74) is 1.59. The Labute approximate surface area is 125 Å². The van der Waals surface area contributed by atoms with E-state index in [4.69, 9.17) is 23.2 Å². The van der Waals surface area contributed by atoms with Gasteiger partial charge in [0.2, 0.25) is 0 Å². The third-order valence-corrected chi connectivity index (χ3v) is 4.08. The fourth-order valence-corrected chi connectivity index (χ4v) is 2.82. The van der Waals surface area contributed by atoms with Crippen LogP contribution in [0.3, 0.4) is 0 Å². The zero-order valence-corrected chi connectivity index (χ0v) is 12.2. The molecule has 0 unspecified atom stereocenters. The Morgan fingerprint density at radius 3 is 2.70 bits per heavy atom. The second-order valence-electron chi connectivity index (χ2n) is 4.91. The van der Waals surface area contributed by atoms with Gasteiger partial charge in [0.1, 0.15) is 15.9 Å². The highest BCUT2D eigenvalue weighted by Gasteiger charge is 2.31. The monoisotopic (exact) mass is 310 g/mol. The van der Waals surface area contributed by atoms with Crippen molar-refractivity contribution >= 4 is 23.2 Å². The zero-order chi connectivity index (χ0) is 14.4. The van der Waals surface area contributed by atoms with Crippen molar-refractivity contribution in [3.8, 4) is 11.4 Å². The lowest BCUT2D eigenvalue weighted by Gasteiger charge is -2.16. The third kappa shape index (κ3) is 2.09. The molecule has 0 bridgehead atoms. The molecule has 0 aliphatic heterocycles. The van der Waals surface area contributed by atoms with Crippen LogP contribution in [-0.4, -0.2) is 14.7 Å². The lowest BCUT2D eigenvalue weighted by Crippen LogP contribution is -2.22. The van der Waals surface area contributed by atoms with Crippen molar-refractivity contribution in [2.45, 2.75) is 25.7 Å².